The maximum atomic E-state index is 5.18. The summed E-state index contributed by atoms with van der Waals surface area (Å²) in [5, 5.41) is 0. The molecule has 6 nitrogen and oxygen atoms in total. The highest BCUT2D eigenvalue weighted by atomic mass is 16.8. The van der Waals surface area contributed by atoms with E-state index in [2.05, 4.69) is 9.97 Å². The minimum Gasteiger partial charge on any atom is -0.480 e. The van der Waals surface area contributed by atoms with E-state index in [1.807, 2.05) is 0 Å². The van der Waals surface area contributed by atoms with E-state index in [0.717, 1.165) is 0 Å². The molecule has 0 atom stereocenters. The fraction of sp³-hybridized carbons (Fsp3) is 0.500. The van der Waals surface area contributed by atoms with Gasteiger partial charge in [0.2, 0.25) is 12.2 Å². The largest absolute Gasteiger partial charge is 0.480 e. The number of methoxy groups -OCH3 is 1. The Labute approximate surface area is 80.8 Å². The summed E-state index contributed by atoms with van der Waals surface area (Å²) in [5.41, 5.74) is 0.526. The second-order valence-corrected chi connectivity index (χ2v) is 2.56. The molecule has 2 rings (SSSR count). The third kappa shape index (κ3) is 1.82. The third-order valence-corrected chi connectivity index (χ3v) is 1.71. The Morgan fingerprint density at radius 1 is 1.29 bits per heavy atom. The summed E-state index contributed by atoms with van der Waals surface area (Å²) in [4.78, 5) is 8.07. The van der Waals surface area contributed by atoms with Crippen molar-refractivity contribution in [2.45, 2.75) is 6.29 Å². The first kappa shape index (κ1) is 9.32. The van der Waals surface area contributed by atoms with E-state index in [1.165, 1.54) is 7.11 Å². The molecule has 0 aromatic carbocycles. The van der Waals surface area contributed by atoms with Gasteiger partial charge < -0.3 is 18.9 Å². The molecule has 0 amide bonds. The zero-order valence-corrected chi connectivity index (χ0v) is 7.67. The molecule has 0 bridgehead atoms. The first-order valence-corrected chi connectivity index (χ1v) is 4.07. The van der Waals surface area contributed by atoms with Crippen LogP contribution in [0.25, 0.3) is 0 Å². The minimum atomic E-state index is -0.563. The van der Waals surface area contributed by atoms with Gasteiger partial charge in [-0.05, 0) is 0 Å². The predicted octanol–water partition coefficient (Wildman–Crippen LogP) is 0.462. The van der Waals surface area contributed by atoms with Crippen molar-refractivity contribution >= 4 is 0 Å². The number of nitrogens with zero attached hydrogens (tertiary/aromatic N) is 2. The monoisotopic (exact) mass is 198 g/mol. The Morgan fingerprint density at radius 2 is 2.00 bits per heavy atom. The van der Waals surface area contributed by atoms with E-state index in [-0.39, 0.29) is 13.6 Å². The molecule has 2 heterocycles. The van der Waals surface area contributed by atoms with Crippen LogP contribution in [0.3, 0.4) is 0 Å². The fourth-order valence-corrected chi connectivity index (χ4v) is 1.11. The molecule has 0 unspecified atom stereocenters. The van der Waals surface area contributed by atoms with E-state index in [0.29, 0.717) is 11.6 Å². The van der Waals surface area contributed by atoms with E-state index in [1.54, 1.807) is 12.4 Å². The molecule has 0 spiro atoms. The quantitative estimate of drug-likeness (QED) is 0.688. The van der Waals surface area contributed by atoms with E-state index in [9.17, 15) is 0 Å². The van der Waals surface area contributed by atoms with Gasteiger partial charge in [-0.25, -0.2) is 9.97 Å². The standard InChI is InChI=1S/C8H10N2O4/c1-11-7-6(9-2-3-10-7)8-13-4-12-5-14-8/h2-3,8H,4-5H2,1H3. The summed E-state index contributed by atoms with van der Waals surface area (Å²) in [6.07, 6.45) is 2.54. The van der Waals surface area contributed by atoms with Gasteiger partial charge >= 0.3 is 0 Å². The molecule has 1 saturated heterocycles. The summed E-state index contributed by atoms with van der Waals surface area (Å²) >= 11 is 0. The number of hydrogen-bond acceptors (Lipinski definition) is 6. The normalized spacial score (nSPS) is 18.1. The number of aromatic nitrogens is 2. The van der Waals surface area contributed by atoms with Gasteiger partial charge in [-0.3, -0.25) is 0 Å². The zero-order valence-electron chi connectivity index (χ0n) is 7.67. The molecule has 6 heteroatoms. The lowest BCUT2D eigenvalue weighted by molar-refractivity contribution is -0.305. The summed E-state index contributed by atoms with van der Waals surface area (Å²) in [6, 6.07) is 0. The number of ether oxygens (including phenoxy) is 4. The highest BCUT2D eigenvalue weighted by Crippen LogP contribution is 2.25. The Bertz CT molecular complexity index is 301. The molecule has 1 aromatic heterocycles. The van der Waals surface area contributed by atoms with Crippen molar-refractivity contribution in [3.05, 3.63) is 18.1 Å². The van der Waals surface area contributed by atoms with Gasteiger partial charge in [0.1, 0.15) is 0 Å². The predicted molar refractivity (Wildman–Crippen MR) is 44.3 cm³/mol. The second-order valence-electron chi connectivity index (χ2n) is 2.56. The van der Waals surface area contributed by atoms with Crippen LogP contribution in [-0.4, -0.2) is 30.7 Å². The van der Waals surface area contributed by atoms with Gasteiger partial charge in [0.15, 0.2) is 19.3 Å². The molecule has 0 aliphatic carbocycles. The fourth-order valence-electron chi connectivity index (χ4n) is 1.11. The van der Waals surface area contributed by atoms with Gasteiger partial charge in [0.05, 0.1) is 7.11 Å². The van der Waals surface area contributed by atoms with Crippen molar-refractivity contribution in [2.24, 2.45) is 0 Å². The maximum Gasteiger partial charge on any atom is 0.240 e. The second kappa shape index (κ2) is 4.32. The molecule has 1 aromatic rings. The SMILES string of the molecule is COc1nccnc1C1OCOCO1. The molecular formula is C8H10N2O4. The average molecular weight is 198 g/mol. The minimum absolute atomic E-state index is 0.185. The number of hydrogen-bond donors (Lipinski definition) is 0. The smallest absolute Gasteiger partial charge is 0.240 e. The van der Waals surface area contributed by atoms with Gasteiger partial charge in [-0.1, -0.05) is 0 Å². The van der Waals surface area contributed by atoms with E-state index >= 15 is 0 Å². The molecule has 1 aliphatic heterocycles. The topological polar surface area (TPSA) is 62.7 Å². The van der Waals surface area contributed by atoms with Crippen molar-refractivity contribution in [1.29, 1.82) is 0 Å². The average Bonchev–Trinajstić information content (AvgIpc) is 2.30. The third-order valence-electron chi connectivity index (χ3n) is 1.71. The molecule has 0 radical (unpaired) electrons. The van der Waals surface area contributed by atoms with Crippen molar-refractivity contribution in [2.75, 3.05) is 20.7 Å². The van der Waals surface area contributed by atoms with Crippen LogP contribution in [0.4, 0.5) is 0 Å². The molecule has 1 aliphatic rings. The van der Waals surface area contributed by atoms with Crippen LogP contribution in [0.1, 0.15) is 12.0 Å². The van der Waals surface area contributed by atoms with Crippen LogP contribution in [-0.2, 0) is 14.2 Å². The molecule has 0 N–H and O–H groups in total. The van der Waals surface area contributed by atoms with E-state index in [4.69, 9.17) is 18.9 Å². The van der Waals surface area contributed by atoms with E-state index < -0.39 is 6.29 Å². The first-order chi connectivity index (χ1) is 6.92. The summed E-state index contributed by atoms with van der Waals surface area (Å²) in [7, 11) is 1.52. The highest BCUT2D eigenvalue weighted by molar-refractivity contribution is 5.18. The van der Waals surface area contributed by atoms with Crippen LogP contribution < -0.4 is 4.74 Å². The molecule has 14 heavy (non-hydrogen) atoms. The van der Waals surface area contributed by atoms with Crippen molar-refractivity contribution in [3.63, 3.8) is 0 Å². The van der Waals surface area contributed by atoms with Crippen LogP contribution >= 0.6 is 0 Å². The Morgan fingerprint density at radius 3 is 2.71 bits per heavy atom. The van der Waals surface area contributed by atoms with Gasteiger partial charge in [-0.2, -0.15) is 0 Å². The van der Waals surface area contributed by atoms with Crippen molar-refractivity contribution in [1.82, 2.24) is 9.97 Å². The van der Waals surface area contributed by atoms with Crippen LogP contribution in [0.2, 0.25) is 0 Å². The lowest BCUT2D eigenvalue weighted by Crippen LogP contribution is -2.21. The zero-order chi connectivity index (χ0) is 9.80. The van der Waals surface area contributed by atoms with Crippen LogP contribution in [0.15, 0.2) is 12.4 Å². The molecule has 1 fully saturated rings. The molecular weight excluding hydrogens is 188 g/mol. The van der Waals surface area contributed by atoms with Gasteiger partial charge in [0, 0.05) is 12.4 Å². The number of rotatable bonds is 2. The van der Waals surface area contributed by atoms with Gasteiger partial charge in [0.25, 0.3) is 0 Å². The van der Waals surface area contributed by atoms with Crippen molar-refractivity contribution < 1.29 is 18.9 Å². The lowest BCUT2D eigenvalue weighted by Gasteiger charge is -2.23. The van der Waals surface area contributed by atoms with Crippen LogP contribution in [0.5, 0.6) is 5.88 Å². The van der Waals surface area contributed by atoms with Crippen molar-refractivity contribution in [3.8, 4) is 5.88 Å². The summed E-state index contributed by atoms with van der Waals surface area (Å²) in [6.45, 7) is 0.370. The Hall–Kier alpha value is -1.24. The van der Waals surface area contributed by atoms with Crippen LogP contribution in [0, 0.1) is 0 Å². The molecule has 0 saturated carbocycles. The maximum absolute atomic E-state index is 5.18. The highest BCUT2D eigenvalue weighted by Gasteiger charge is 2.22. The Balaban J connectivity index is 2.20. The lowest BCUT2D eigenvalue weighted by atomic mass is 10.4. The Kier molecular flexibility index (Phi) is 2.87. The summed E-state index contributed by atoms with van der Waals surface area (Å²) in [5.74, 6) is 0.402. The molecule has 76 valence electrons. The first-order valence-electron chi connectivity index (χ1n) is 4.07. The van der Waals surface area contributed by atoms with Gasteiger partial charge in [-0.15, -0.1) is 0 Å². The summed E-state index contributed by atoms with van der Waals surface area (Å²) < 4.78 is 20.2.